The molecule has 122 valence electrons. The summed E-state index contributed by atoms with van der Waals surface area (Å²) in [5.41, 5.74) is 1.24. The lowest BCUT2D eigenvalue weighted by atomic mass is 10.2. The van der Waals surface area contributed by atoms with E-state index in [-0.39, 0.29) is 6.03 Å². The van der Waals surface area contributed by atoms with Crippen molar-refractivity contribution in [2.45, 2.75) is 20.3 Å². The van der Waals surface area contributed by atoms with Crippen LogP contribution in [-0.2, 0) is 0 Å². The molecule has 0 bridgehead atoms. The first-order valence-corrected chi connectivity index (χ1v) is 8.13. The van der Waals surface area contributed by atoms with Crippen molar-refractivity contribution in [1.29, 1.82) is 0 Å². The van der Waals surface area contributed by atoms with Crippen LogP contribution in [-0.4, -0.2) is 61.7 Å². The number of urea groups is 1. The van der Waals surface area contributed by atoms with Crippen LogP contribution < -0.4 is 10.1 Å². The predicted molar refractivity (Wildman–Crippen MR) is 88.4 cm³/mol. The van der Waals surface area contributed by atoms with Crippen LogP contribution in [0.25, 0.3) is 0 Å². The van der Waals surface area contributed by atoms with Gasteiger partial charge in [-0.3, -0.25) is 4.90 Å². The summed E-state index contributed by atoms with van der Waals surface area (Å²) in [5.74, 6) is 0.920. The molecule has 0 spiro atoms. The zero-order chi connectivity index (χ0) is 15.8. The summed E-state index contributed by atoms with van der Waals surface area (Å²) < 4.78 is 5.76. The highest BCUT2D eigenvalue weighted by atomic mass is 16.5. The summed E-state index contributed by atoms with van der Waals surface area (Å²) in [6, 6.07) is 8.19. The molecule has 1 aromatic rings. The summed E-state index contributed by atoms with van der Waals surface area (Å²) in [7, 11) is 0. The van der Waals surface area contributed by atoms with Gasteiger partial charge in [0.2, 0.25) is 0 Å². The molecule has 1 heterocycles. The maximum atomic E-state index is 11.9. The average Bonchev–Trinajstić information content (AvgIpc) is 2.55. The number of hydrogen-bond donors (Lipinski definition) is 1. The van der Waals surface area contributed by atoms with Crippen molar-refractivity contribution in [3.8, 4) is 5.75 Å². The quantitative estimate of drug-likeness (QED) is 0.875. The fourth-order valence-electron chi connectivity index (χ4n) is 2.45. The minimum Gasteiger partial charge on any atom is -0.492 e. The Morgan fingerprint density at radius 3 is 2.50 bits per heavy atom. The van der Waals surface area contributed by atoms with Crippen LogP contribution in [0.2, 0.25) is 0 Å². The van der Waals surface area contributed by atoms with E-state index in [0.717, 1.165) is 51.4 Å². The Kier molecular flexibility index (Phi) is 6.52. The Labute approximate surface area is 133 Å². The number of amides is 2. The van der Waals surface area contributed by atoms with E-state index in [1.165, 1.54) is 5.56 Å². The first kappa shape index (κ1) is 16.6. The van der Waals surface area contributed by atoms with Gasteiger partial charge in [0.25, 0.3) is 0 Å². The van der Waals surface area contributed by atoms with Gasteiger partial charge < -0.3 is 15.0 Å². The van der Waals surface area contributed by atoms with E-state index in [1.807, 2.05) is 17.0 Å². The predicted octanol–water partition coefficient (Wildman–Crippen LogP) is 2.11. The van der Waals surface area contributed by atoms with E-state index in [9.17, 15) is 4.79 Å². The van der Waals surface area contributed by atoms with Gasteiger partial charge in [-0.2, -0.15) is 0 Å². The third-order valence-electron chi connectivity index (χ3n) is 3.88. The highest BCUT2D eigenvalue weighted by Gasteiger charge is 2.20. The van der Waals surface area contributed by atoms with E-state index in [0.29, 0.717) is 6.61 Å². The van der Waals surface area contributed by atoms with Gasteiger partial charge in [0.15, 0.2) is 0 Å². The highest BCUT2D eigenvalue weighted by Crippen LogP contribution is 2.11. The molecule has 1 aliphatic heterocycles. The molecule has 0 radical (unpaired) electrons. The summed E-state index contributed by atoms with van der Waals surface area (Å²) >= 11 is 0. The van der Waals surface area contributed by atoms with Gasteiger partial charge in [-0.15, -0.1) is 0 Å². The average molecular weight is 305 g/mol. The standard InChI is InChI=1S/C17H27N3O2/c1-3-8-18-17(21)20-11-9-19(10-12-20)13-14-22-16-6-4-15(2)5-7-16/h4-7H,3,8-14H2,1-2H3,(H,18,21). The lowest BCUT2D eigenvalue weighted by molar-refractivity contribution is 0.126. The largest absolute Gasteiger partial charge is 0.492 e. The fourth-order valence-corrected chi connectivity index (χ4v) is 2.45. The second-order valence-corrected chi connectivity index (χ2v) is 5.72. The number of benzene rings is 1. The van der Waals surface area contributed by atoms with Gasteiger partial charge in [-0.25, -0.2) is 4.79 Å². The molecule has 0 aliphatic carbocycles. The molecule has 0 unspecified atom stereocenters. The van der Waals surface area contributed by atoms with E-state index < -0.39 is 0 Å². The summed E-state index contributed by atoms with van der Waals surface area (Å²) in [4.78, 5) is 16.1. The van der Waals surface area contributed by atoms with Gasteiger partial charge in [0.1, 0.15) is 12.4 Å². The minimum atomic E-state index is 0.0670. The number of piperazine rings is 1. The number of hydrogen-bond acceptors (Lipinski definition) is 3. The molecule has 22 heavy (non-hydrogen) atoms. The molecule has 1 fully saturated rings. The lowest BCUT2D eigenvalue weighted by Gasteiger charge is -2.34. The zero-order valence-electron chi connectivity index (χ0n) is 13.7. The van der Waals surface area contributed by atoms with Crippen molar-refractivity contribution in [3.63, 3.8) is 0 Å². The lowest BCUT2D eigenvalue weighted by Crippen LogP contribution is -2.52. The van der Waals surface area contributed by atoms with E-state index in [2.05, 4.69) is 36.2 Å². The Morgan fingerprint density at radius 2 is 1.86 bits per heavy atom. The Morgan fingerprint density at radius 1 is 1.18 bits per heavy atom. The van der Waals surface area contributed by atoms with Crippen LogP contribution in [0.1, 0.15) is 18.9 Å². The molecule has 1 aliphatic rings. The van der Waals surface area contributed by atoms with Crippen LogP contribution in [0.5, 0.6) is 5.75 Å². The van der Waals surface area contributed by atoms with E-state index >= 15 is 0 Å². The van der Waals surface area contributed by atoms with Gasteiger partial charge in [0, 0.05) is 39.3 Å². The van der Waals surface area contributed by atoms with Crippen molar-refractivity contribution in [1.82, 2.24) is 15.1 Å². The van der Waals surface area contributed by atoms with Crippen LogP contribution in [0.15, 0.2) is 24.3 Å². The van der Waals surface area contributed by atoms with Gasteiger partial charge in [-0.05, 0) is 25.5 Å². The number of ether oxygens (including phenoxy) is 1. The number of aryl methyl sites for hydroxylation is 1. The van der Waals surface area contributed by atoms with Crippen LogP contribution in [0, 0.1) is 6.92 Å². The Bertz CT molecular complexity index is 453. The number of carbonyl (C=O) groups excluding carboxylic acids is 1. The number of rotatable bonds is 6. The van der Waals surface area contributed by atoms with Crippen molar-refractivity contribution in [2.24, 2.45) is 0 Å². The Hall–Kier alpha value is -1.75. The third-order valence-corrected chi connectivity index (χ3v) is 3.88. The second kappa shape index (κ2) is 8.63. The molecule has 1 saturated heterocycles. The molecular weight excluding hydrogens is 278 g/mol. The summed E-state index contributed by atoms with van der Waals surface area (Å²) in [6.45, 7) is 9.88. The summed E-state index contributed by atoms with van der Waals surface area (Å²) in [5, 5.41) is 2.93. The first-order chi connectivity index (χ1) is 10.7. The smallest absolute Gasteiger partial charge is 0.317 e. The summed E-state index contributed by atoms with van der Waals surface area (Å²) in [6.07, 6.45) is 0.974. The van der Waals surface area contributed by atoms with Gasteiger partial charge in [-0.1, -0.05) is 24.6 Å². The zero-order valence-corrected chi connectivity index (χ0v) is 13.7. The Balaban J connectivity index is 1.63. The molecule has 2 amide bonds. The number of nitrogens with one attached hydrogen (secondary N) is 1. The molecule has 2 rings (SSSR count). The number of carbonyl (C=O) groups is 1. The molecular formula is C17H27N3O2. The fraction of sp³-hybridized carbons (Fsp3) is 0.588. The topological polar surface area (TPSA) is 44.8 Å². The van der Waals surface area contributed by atoms with Crippen molar-refractivity contribution in [2.75, 3.05) is 45.9 Å². The van der Waals surface area contributed by atoms with Crippen molar-refractivity contribution < 1.29 is 9.53 Å². The van der Waals surface area contributed by atoms with Crippen molar-refractivity contribution >= 4 is 6.03 Å². The first-order valence-electron chi connectivity index (χ1n) is 8.13. The van der Waals surface area contributed by atoms with Crippen molar-refractivity contribution in [3.05, 3.63) is 29.8 Å². The molecule has 5 nitrogen and oxygen atoms in total. The van der Waals surface area contributed by atoms with Crippen LogP contribution in [0.4, 0.5) is 4.79 Å². The maximum absolute atomic E-state index is 11.9. The minimum absolute atomic E-state index is 0.0670. The molecule has 0 aromatic heterocycles. The second-order valence-electron chi connectivity index (χ2n) is 5.72. The molecule has 1 N–H and O–H groups in total. The molecule has 0 saturated carbocycles. The van der Waals surface area contributed by atoms with Crippen LogP contribution in [0.3, 0.4) is 0 Å². The third kappa shape index (κ3) is 5.22. The molecule has 0 atom stereocenters. The van der Waals surface area contributed by atoms with Gasteiger partial charge >= 0.3 is 6.03 Å². The monoisotopic (exact) mass is 305 g/mol. The van der Waals surface area contributed by atoms with Crippen LogP contribution >= 0.6 is 0 Å². The van der Waals surface area contributed by atoms with Gasteiger partial charge in [0.05, 0.1) is 0 Å². The van der Waals surface area contributed by atoms with E-state index in [4.69, 9.17) is 4.74 Å². The highest BCUT2D eigenvalue weighted by molar-refractivity contribution is 5.74. The SMILES string of the molecule is CCCNC(=O)N1CCN(CCOc2ccc(C)cc2)CC1. The molecule has 1 aromatic carbocycles. The van der Waals surface area contributed by atoms with E-state index in [1.54, 1.807) is 0 Å². The maximum Gasteiger partial charge on any atom is 0.317 e. The molecule has 5 heteroatoms. The number of nitrogens with zero attached hydrogens (tertiary/aromatic N) is 2. The normalized spacial score (nSPS) is 15.6.